The van der Waals surface area contributed by atoms with Crippen molar-refractivity contribution in [2.24, 2.45) is 5.92 Å². The molecule has 0 saturated heterocycles. The molecule has 0 bridgehead atoms. The lowest BCUT2D eigenvalue weighted by Crippen LogP contribution is -2.66. The lowest BCUT2D eigenvalue weighted by atomic mass is 9.93. The first-order chi connectivity index (χ1) is 26.9. The van der Waals surface area contributed by atoms with Gasteiger partial charge in [-0.05, 0) is 70.5 Å². The Morgan fingerprint density at radius 1 is 0.893 bits per heavy atom. The van der Waals surface area contributed by atoms with Gasteiger partial charge in [0.15, 0.2) is 14.1 Å². The third-order valence-corrected chi connectivity index (χ3v) is 21.4. The molecule has 0 saturated carbocycles. The summed E-state index contributed by atoms with van der Waals surface area (Å²) in [4.78, 5) is 13.9. The molecular weight excluding hydrogens is 729 g/mol. The van der Waals surface area contributed by atoms with Crippen molar-refractivity contribution in [3.8, 4) is 0 Å². The Hall–Kier alpha value is -3.12. The SMILES string of the molecule is CCC/C=C(/O[Si](c1ccccc1)(c1ccccc1)C(C)(C)C)C1CC=CC(CCC(=O)[C@@H](C)C[C@@H](CO[Si](CC)(CC)CC)OCc2ccccc2)(OC)O1. The van der Waals surface area contributed by atoms with Gasteiger partial charge >= 0.3 is 8.32 Å². The molecule has 3 aromatic rings. The van der Waals surface area contributed by atoms with Crippen LogP contribution in [0.25, 0.3) is 0 Å². The van der Waals surface area contributed by atoms with E-state index in [0.717, 1.165) is 42.3 Å². The fourth-order valence-electron chi connectivity index (χ4n) is 7.95. The van der Waals surface area contributed by atoms with E-state index in [1.807, 2.05) is 31.2 Å². The van der Waals surface area contributed by atoms with Crippen molar-refractivity contribution in [2.75, 3.05) is 13.7 Å². The van der Waals surface area contributed by atoms with Gasteiger partial charge < -0.3 is 23.1 Å². The van der Waals surface area contributed by atoms with Gasteiger partial charge in [0.05, 0.1) is 19.3 Å². The van der Waals surface area contributed by atoms with Gasteiger partial charge in [0, 0.05) is 25.9 Å². The number of hydrogen-bond acceptors (Lipinski definition) is 6. The number of allylic oxidation sites excluding steroid dienone is 1. The zero-order chi connectivity index (χ0) is 40.7. The van der Waals surface area contributed by atoms with Crippen molar-refractivity contribution < 1.29 is 27.9 Å². The molecular formula is C48H70O6Si2. The van der Waals surface area contributed by atoms with E-state index >= 15 is 0 Å². The summed E-state index contributed by atoms with van der Waals surface area (Å²) in [6, 6.07) is 34.9. The molecule has 6 nitrogen and oxygen atoms in total. The smallest absolute Gasteiger partial charge is 0.319 e. The van der Waals surface area contributed by atoms with Crippen molar-refractivity contribution in [3.05, 3.63) is 121 Å². The van der Waals surface area contributed by atoms with Gasteiger partial charge in [0.2, 0.25) is 0 Å². The summed E-state index contributed by atoms with van der Waals surface area (Å²) in [5.74, 6) is -0.254. The molecule has 56 heavy (non-hydrogen) atoms. The summed E-state index contributed by atoms with van der Waals surface area (Å²) in [6.07, 6.45) is 9.63. The van der Waals surface area contributed by atoms with Crippen LogP contribution in [0.2, 0.25) is 23.2 Å². The van der Waals surface area contributed by atoms with Crippen LogP contribution in [0, 0.1) is 5.92 Å². The Bertz CT molecular complexity index is 1600. The summed E-state index contributed by atoms with van der Waals surface area (Å²) in [5, 5.41) is 2.23. The zero-order valence-electron chi connectivity index (χ0n) is 35.9. The van der Waals surface area contributed by atoms with Crippen LogP contribution in [0.3, 0.4) is 0 Å². The average Bonchev–Trinajstić information content (AvgIpc) is 3.23. The highest BCUT2D eigenvalue weighted by atomic mass is 28.4. The van der Waals surface area contributed by atoms with Crippen molar-refractivity contribution in [2.45, 2.75) is 142 Å². The highest BCUT2D eigenvalue weighted by Gasteiger charge is 2.53. The molecule has 2 unspecified atom stereocenters. The van der Waals surface area contributed by atoms with Gasteiger partial charge in [-0.2, -0.15) is 0 Å². The van der Waals surface area contributed by atoms with Crippen LogP contribution in [0.1, 0.15) is 99.5 Å². The Labute approximate surface area is 341 Å². The lowest BCUT2D eigenvalue weighted by Gasteiger charge is -2.45. The van der Waals surface area contributed by atoms with Gasteiger partial charge in [-0.3, -0.25) is 4.79 Å². The molecule has 0 aromatic heterocycles. The van der Waals surface area contributed by atoms with Crippen LogP contribution in [0.4, 0.5) is 0 Å². The van der Waals surface area contributed by atoms with Crippen LogP contribution >= 0.6 is 0 Å². The monoisotopic (exact) mass is 798 g/mol. The molecule has 1 aliphatic rings. The quantitative estimate of drug-likeness (QED) is 0.0541. The van der Waals surface area contributed by atoms with E-state index in [1.165, 1.54) is 10.4 Å². The second-order valence-electron chi connectivity index (χ2n) is 16.5. The predicted octanol–water partition coefficient (Wildman–Crippen LogP) is 10.9. The number of methoxy groups -OCH3 is 1. The van der Waals surface area contributed by atoms with E-state index in [9.17, 15) is 4.79 Å². The normalized spacial score (nSPS) is 19.1. The molecule has 0 N–H and O–H groups in total. The number of carbonyl (C=O) groups excluding carboxylic acids is 1. The Morgan fingerprint density at radius 2 is 1.46 bits per heavy atom. The van der Waals surface area contributed by atoms with Crippen LogP contribution in [0.5, 0.6) is 0 Å². The number of unbranched alkanes of at least 4 members (excludes halogenated alkanes) is 1. The minimum Gasteiger partial charge on any atom is -0.535 e. The Morgan fingerprint density at radius 3 is 1.98 bits per heavy atom. The standard InChI is InChI=1S/C48H70O6Si2/c1-10-14-31-46(54-56(47(6,7)8,42-27-20-16-21-28-42)43-29-22-17-23-30-43)45-32-24-34-48(50-9,53-45)35-33-44(49)39(5)36-41(38-52-55(11-2,12-3)13-4)51-37-40-25-18-15-19-26-40/h15-31,34,39,41,45H,10-14,32-33,35-38H2,1-9H3/b46-31+/t39-,41-,45?,48?/m0/s1. The molecule has 4 rings (SSSR count). The molecule has 0 amide bonds. The molecule has 1 heterocycles. The van der Waals surface area contributed by atoms with E-state index in [1.54, 1.807) is 7.11 Å². The molecule has 1 aliphatic heterocycles. The number of hydrogen-bond donors (Lipinski definition) is 0. The minimum absolute atomic E-state index is 0.171. The fraction of sp³-hybridized carbons (Fsp3) is 0.521. The maximum absolute atomic E-state index is 13.9. The number of carbonyl (C=O) groups is 1. The average molecular weight is 799 g/mol. The van der Waals surface area contributed by atoms with Gasteiger partial charge in [0.1, 0.15) is 17.6 Å². The maximum Gasteiger partial charge on any atom is 0.319 e. The van der Waals surface area contributed by atoms with Crippen LogP contribution in [-0.4, -0.2) is 54.1 Å². The molecule has 0 radical (unpaired) electrons. The van der Waals surface area contributed by atoms with Crippen molar-refractivity contribution in [1.29, 1.82) is 0 Å². The number of Topliss-reactive ketones (excluding diaryl/α,β-unsaturated/α-hetero) is 1. The largest absolute Gasteiger partial charge is 0.535 e. The highest BCUT2D eigenvalue weighted by molar-refractivity contribution is 6.99. The minimum atomic E-state index is -2.91. The number of benzene rings is 3. The number of ketones is 1. The van der Waals surface area contributed by atoms with Crippen LogP contribution < -0.4 is 10.4 Å². The van der Waals surface area contributed by atoms with Gasteiger partial charge in [-0.15, -0.1) is 0 Å². The second kappa shape index (κ2) is 21.6. The third kappa shape index (κ3) is 11.7. The second-order valence-corrected chi connectivity index (χ2v) is 25.5. The summed E-state index contributed by atoms with van der Waals surface area (Å²) >= 11 is 0. The van der Waals surface area contributed by atoms with Crippen LogP contribution in [0.15, 0.2) is 115 Å². The molecule has 0 spiro atoms. The van der Waals surface area contributed by atoms with E-state index < -0.39 is 22.4 Å². The predicted molar refractivity (Wildman–Crippen MR) is 236 cm³/mol. The summed E-state index contributed by atoms with van der Waals surface area (Å²) < 4.78 is 33.9. The molecule has 8 heteroatoms. The molecule has 306 valence electrons. The first-order valence-corrected chi connectivity index (χ1v) is 25.6. The molecule has 4 atom stereocenters. The lowest BCUT2D eigenvalue weighted by molar-refractivity contribution is -0.220. The van der Waals surface area contributed by atoms with Gasteiger partial charge in [-0.1, -0.05) is 159 Å². The maximum atomic E-state index is 13.9. The first kappa shape index (κ1) is 45.6. The Kier molecular flexibility index (Phi) is 17.6. The van der Waals surface area contributed by atoms with E-state index in [-0.39, 0.29) is 28.9 Å². The number of ether oxygens (including phenoxy) is 3. The molecule has 0 aliphatic carbocycles. The van der Waals surface area contributed by atoms with E-state index in [4.69, 9.17) is 23.1 Å². The zero-order valence-corrected chi connectivity index (χ0v) is 37.9. The summed E-state index contributed by atoms with van der Waals surface area (Å²) in [7, 11) is -3.06. The first-order valence-electron chi connectivity index (χ1n) is 21.1. The highest BCUT2D eigenvalue weighted by Crippen LogP contribution is 2.41. The summed E-state index contributed by atoms with van der Waals surface area (Å²) in [5.41, 5.74) is 1.12. The third-order valence-electron chi connectivity index (χ3n) is 11.8. The van der Waals surface area contributed by atoms with E-state index in [0.29, 0.717) is 38.9 Å². The van der Waals surface area contributed by atoms with Gasteiger partial charge in [0.25, 0.3) is 0 Å². The van der Waals surface area contributed by atoms with Gasteiger partial charge in [-0.25, -0.2) is 0 Å². The van der Waals surface area contributed by atoms with Crippen LogP contribution in [-0.2, 0) is 34.5 Å². The van der Waals surface area contributed by atoms with Crippen molar-refractivity contribution in [3.63, 3.8) is 0 Å². The van der Waals surface area contributed by atoms with E-state index in [2.05, 4.69) is 133 Å². The topological polar surface area (TPSA) is 63.2 Å². The Balaban J connectivity index is 1.53. The van der Waals surface area contributed by atoms with Crippen molar-refractivity contribution in [1.82, 2.24) is 0 Å². The number of rotatable bonds is 23. The summed E-state index contributed by atoms with van der Waals surface area (Å²) in [6.45, 7) is 18.8. The van der Waals surface area contributed by atoms with Crippen molar-refractivity contribution >= 4 is 32.8 Å². The molecule has 0 fully saturated rings. The molecule has 3 aromatic carbocycles. The fourth-order valence-corrected chi connectivity index (χ4v) is 15.1.